The Labute approximate surface area is 103 Å². The van der Waals surface area contributed by atoms with Crippen LogP contribution < -0.4 is 0 Å². The summed E-state index contributed by atoms with van der Waals surface area (Å²) in [5.74, 6) is 0. The molecule has 1 fully saturated rings. The molecular weight excluding hydrogens is 254 g/mol. The first-order valence-corrected chi connectivity index (χ1v) is 9.67. The van der Waals surface area contributed by atoms with Gasteiger partial charge in [-0.3, -0.25) is 0 Å². The van der Waals surface area contributed by atoms with E-state index in [1.54, 1.807) is 17.1 Å². The summed E-state index contributed by atoms with van der Waals surface area (Å²) >= 11 is 0. The van der Waals surface area contributed by atoms with Gasteiger partial charge in [-0.2, -0.15) is 0 Å². The van der Waals surface area contributed by atoms with Crippen LogP contribution in [0.2, 0.25) is 0 Å². The van der Waals surface area contributed by atoms with E-state index in [4.69, 9.17) is 12.3 Å². The highest BCUT2D eigenvalue weighted by Crippen LogP contribution is 2.16. The lowest BCUT2D eigenvalue weighted by molar-refractivity contribution is 0.303. The summed E-state index contributed by atoms with van der Waals surface area (Å²) in [7, 11) is 1.20. The Hall–Kier alpha value is -0.289. The van der Waals surface area contributed by atoms with E-state index in [1.807, 2.05) is 26.0 Å². The fourth-order valence-corrected chi connectivity index (χ4v) is 9.04. The normalized spacial score (nSPS) is 24.4. The molecule has 0 aromatic carbocycles. The summed E-state index contributed by atoms with van der Waals surface area (Å²) in [6, 6.07) is 0. The molecule has 0 saturated carbocycles. The molecule has 4 nitrogen and oxygen atoms in total. The number of nitrogens with zero attached hydrogens (tertiary/aromatic N) is 1. The van der Waals surface area contributed by atoms with Gasteiger partial charge < -0.3 is 17.2 Å². The van der Waals surface area contributed by atoms with E-state index < -0.39 is 27.9 Å². The predicted molar refractivity (Wildman–Crippen MR) is 74.9 cm³/mol. The second kappa shape index (κ2) is 7.90. The minimum absolute atomic E-state index is 0.891. The Morgan fingerprint density at radius 2 is 1.69 bits per heavy atom. The van der Waals surface area contributed by atoms with Crippen LogP contribution in [-0.2, 0) is 12.3 Å². The molecule has 1 heterocycles. The van der Waals surface area contributed by atoms with Gasteiger partial charge in [-0.05, 0) is 32.5 Å². The maximum atomic E-state index is 5.64. The second-order valence-corrected chi connectivity index (χ2v) is 10.8. The van der Waals surface area contributed by atoms with E-state index >= 15 is 0 Å². The zero-order valence-electron chi connectivity index (χ0n) is 10.3. The molecule has 1 aliphatic rings. The van der Waals surface area contributed by atoms with Gasteiger partial charge in [0.25, 0.3) is 10.0 Å². The highest BCUT2D eigenvalue weighted by molar-refractivity contribution is 6.87. The van der Waals surface area contributed by atoms with Crippen molar-refractivity contribution in [3.63, 3.8) is 0 Å². The zero-order chi connectivity index (χ0) is 12.6. The third-order valence-corrected chi connectivity index (χ3v) is 9.64. The second-order valence-electron chi connectivity index (χ2n) is 3.62. The highest BCUT2D eigenvalue weighted by Gasteiger charge is 2.37. The van der Waals surface area contributed by atoms with Gasteiger partial charge in [-0.1, -0.05) is 5.70 Å². The molecule has 0 bridgehead atoms. The van der Waals surface area contributed by atoms with Gasteiger partial charge in [-0.15, -0.1) is 19.7 Å². The predicted octanol–water partition coefficient (Wildman–Crippen LogP) is 0.0647. The molecule has 0 amide bonds. The molecule has 0 spiro atoms. The average Bonchev–Trinajstić information content (AvgIpc) is 2.28. The Morgan fingerprint density at radius 1 is 1.19 bits per heavy atom. The van der Waals surface area contributed by atoms with E-state index in [2.05, 4.69) is 19.7 Å². The van der Waals surface area contributed by atoms with E-state index in [0.717, 1.165) is 0 Å². The van der Waals surface area contributed by atoms with Gasteiger partial charge in [0, 0.05) is 0 Å². The molecule has 0 aromatic heterocycles. The molecule has 0 radical (unpaired) electrons. The SMILES string of the molecule is C=C[SiH]1O[SiH2]O[Si](C=C)(C=C)O1.CN(C)C. The van der Waals surface area contributed by atoms with Crippen molar-refractivity contribution in [3.05, 3.63) is 36.8 Å². The minimum Gasteiger partial charge on any atom is -0.419 e. The number of hydrogen-bond donors (Lipinski definition) is 0. The maximum Gasteiger partial charge on any atom is 0.373 e. The van der Waals surface area contributed by atoms with Crippen molar-refractivity contribution in [1.82, 2.24) is 4.90 Å². The van der Waals surface area contributed by atoms with E-state index in [9.17, 15) is 0 Å². The van der Waals surface area contributed by atoms with Crippen LogP contribution >= 0.6 is 0 Å². The van der Waals surface area contributed by atoms with Crippen molar-refractivity contribution in [2.24, 2.45) is 0 Å². The van der Waals surface area contributed by atoms with Crippen LogP contribution in [-0.4, -0.2) is 53.9 Å². The molecule has 0 aliphatic carbocycles. The van der Waals surface area contributed by atoms with Gasteiger partial charge in [0.2, 0.25) is 0 Å². The zero-order valence-corrected chi connectivity index (χ0v) is 13.9. The van der Waals surface area contributed by atoms with E-state index in [-0.39, 0.29) is 0 Å². The van der Waals surface area contributed by atoms with Crippen LogP contribution in [0.25, 0.3) is 0 Å². The van der Waals surface area contributed by atoms with Crippen LogP contribution in [0.1, 0.15) is 0 Å². The molecular formula is C9H21NO3Si3. The van der Waals surface area contributed by atoms with Crippen LogP contribution in [0.15, 0.2) is 36.8 Å². The Balaban J connectivity index is 0.000000487. The molecule has 1 rings (SSSR count). The first-order chi connectivity index (χ1) is 7.49. The first-order valence-electron chi connectivity index (χ1n) is 4.93. The van der Waals surface area contributed by atoms with Crippen LogP contribution in [0.4, 0.5) is 0 Å². The van der Waals surface area contributed by atoms with Crippen LogP contribution in [0, 0.1) is 0 Å². The summed E-state index contributed by atoms with van der Waals surface area (Å²) in [6.07, 6.45) is 0. The van der Waals surface area contributed by atoms with Crippen LogP contribution in [0.3, 0.4) is 0 Å². The maximum absolute atomic E-state index is 5.64. The topological polar surface area (TPSA) is 30.9 Å². The minimum atomic E-state index is -2.26. The van der Waals surface area contributed by atoms with E-state index in [1.165, 1.54) is 0 Å². The Bertz CT molecular complexity index is 237. The molecule has 1 atom stereocenters. The standard InChI is InChI=1S/C6H12O3Si3.C3H9N/c1-4-11-7-10-8-12(5-2,6-3)9-11;1-4(2)3/h4-6,11H,1-3,10H2;1-3H3. The molecule has 7 heteroatoms. The lowest BCUT2D eigenvalue weighted by atomic mass is 11.0. The van der Waals surface area contributed by atoms with Crippen molar-refractivity contribution < 1.29 is 12.3 Å². The molecule has 1 aliphatic heterocycles. The summed E-state index contributed by atoms with van der Waals surface area (Å²) in [4.78, 5) is 2.00. The molecule has 16 heavy (non-hydrogen) atoms. The van der Waals surface area contributed by atoms with Crippen molar-refractivity contribution in [2.45, 2.75) is 0 Å². The Morgan fingerprint density at radius 3 is 2.06 bits per heavy atom. The van der Waals surface area contributed by atoms with Crippen LogP contribution in [0.5, 0.6) is 0 Å². The molecule has 92 valence electrons. The average molecular weight is 276 g/mol. The third-order valence-electron chi connectivity index (χ3n) is 1.58. The fourth-order valence-electron chi connectivity index (χ4n) is 0.856. The van der Waals surface area contributed by atoms with Crippen molar-refractivity contribution in [2.75, 3.05) is 21.1 Å². The molecule has 1 saturated heterocycles. The fraction of sp³-hybridized carbons (Fsp3) is 0.333. The van der Waals surface area contributed by atoms with E-state index in [0.29, 0.717) is 0 Å². The number of rotatable bonds is 3. The summed E-state index contributed by atoms with van der Waals surface area (Å²) in [5.41, 5.74) is 5.22. The van der Waals surface area contributed by atoms with Crippen molar-refractivity contribution >= 4 is 27.9 Å². The van der Waals surface area contributed by atoms with Gasteiger partial charge in [0.05, 0.1) is 0 Å². The first kappa shape index (κ1) is 15.7. The van der Waals surface area contributed by atoms with Gasteiger partial charge in [-0.25, -0.2) is 0 Å². The van der Waals surface area contributed by atoms with Gasteiger partial charge in [0.1, 0.15) is 0 Å². The van der Waals surface area contributed by atoms with Crippen molar-refractivity contribution in [1.29, 1.82) is 0 Å². The smallest absolute Gasteiger partial charge is 0.373 e. The summed E-state index contributed by atoms with van der Waals surface area (Å²) < 4.78 is 16.5. The lowest BCUT2D eigenvalue weighted by Crippen LogP contribution is -2.51. The van der Waals surface area contributed by atoms with Crippen molar-refractivity contribution in [3.8, 4) is 0 Å². The summed E-state index contributed by atoms with van der Waals surface area (Å²) in [5, 5.41) is 0. The lowest BCUT2D eigenvalue weighted by Gasteiger charge is -2.33. The molecule has 0 aromatic rings. The van der Waals surface area contributed by atoms with Gasteiger partial charge >= 0.3 is 17.8 Å². The molecule has 1 unspecified atom stereocenters. The largest absolute Gasteiger partial charge is 0.419 e. The third kappa shape index (κ3) is 5.70. The Kier molecular flexibility index (Phi) is 7.76. The quantitative estimate of drug-likeness (QED) is 0.682. The van der Waals surface area contributed by atoms with Gasteiger partial charge in [0.15, 0.2) is 0 Å². The monoisotopic (exact) mass is 275 g/mol. The summed E-state index contributed by atoms with van der Waals surface area (Å²) in [6.45, 7) is 11.0. The molecule has 0 N–H and O–H groups in total. The number of hydrogen-bond acceptors (Lipinski definition) is 4. The highest BCUT2D eigenvalue weighted by atomic mass is 28.5.